The van der Waals surface area contributed by atoms with Crippen molar-refractivity contribution < 1.29 is 9.18 Å². The van der Waals surface area contributed by atoms with E-state index in [0.29, 0.717) is 12.8 Å². The summed E-state index contributed by atoms with van der Waals surface area (Å²) in [5.74, 6) is -0.0275. The lowest BCUT2D eigenvalue weighted by Crippen LogP contribution is -2.40. The van der Waals surface area contributed by atoms with Gasteiger partial charge in [-0.15, -0.1) is 12.4 Å². The van der Waals surface area contributed by atoms with Gasteiger partial charge in [0.1, 0.15) is 11.6 Å². The van der Waals surface area contributed by atoms with Gasteiger partial charge in [0.05, 0.1) is 0 Å². The standard InChI is InChI=1S/C13H16FNO.ClH/c1-13(11(15)6-7-12(13)16)8-9-2-4-10(14)5-3-9;/h2-5,11H,6-8,15H2,1H3;1H/t11-,13-;/m1./s1. The maximum absolute atomic E-state index is 12.8. The van der Waals surface area contributed by atoms with E-state index in [1.54, 1.807) is 12.1 Å². The lowest BCUT2D eigenvalue weighted by Gasteiger charge is -2.27. The Morgan fingerprint density at radius 1 is 1.41 bits per heavy atom. The predicted octanol–water partition coefficient (Wildman–Crippen LogP) is 2.49. The smallest absolute Gasteiger partial charge is 0.140 e. The quantitative estimate of drug-likeness (QED) is 0.885. The topological polar surface area (TPSA) is 43.1 Å². The Balaban J connectivity index is 0.00000144. The van der Waals surface area contributed by atoms with E-state index < -0.39 is 5.41 Å². The Labute approximate surface area is 107 Å². The van der Waals surface area contributed by atoms with Crippen LogP contribution in [0.3, 0.4) is 0 Å². The molecule has 1 aromatic carbocycles. The molecule has 0 aliphatic heterocycles. The summed E-state index contributed by atoms with van der Waals surface area (Å²) in [7, 11) is 0. The molecule has 17 heavy (non-hydrogen) atoms. The number of rotatable bonds is 2. The molecule has 1 aliphatic carbocycles. The molecule has 0 bridgehead atoms. The molecule has 2 rings (SSSR count). The van der Waals surface area contributed by atoms with E-state index in [1.807, 2.05) is 6.92 Å². The third-order valence-corrected chi connectivity index (χ3v) is 3.62. The number of Topliss-reactive ketones (excluding diaryl/α,β-unsaturated/α-hetero) is 1. The van der Waals surface area contributed by atoms with E-state index in [1.165, 1.54) is 12.1 Å². The second-order valence-corrected chi connectivity index (χ2v) is 4.79. The zero-order chi connectivity index (χ0) is 11.8. The van der Waals surface area contributed by atoms with Crippen molar-refractivity contribution in [3.05, 3.63) is 35.6 Å². The fourth-order valence-corrected chi connectivity index (χ4v) is 2.35. The van der Waals surface area contributed by atoms with Crippen LogP contribution < -0.4 is 5.73 Å². The minimum atomic E-state index is -0.474. The molecule has 1 aromatic rings. The number of carbonyl (C=O) groups excluding carboxylic acids is 1. The molecule has 0 unspecified atom stereocenters. The molecule has 0 aromatic heterocycles. The van der Waals surface area contributed by atoms with Crippen molar-refractivity contribution in [2.75, 3.05) is 0 Å². The first kappa shape index (κ1) is 14.1. The number of carbonyl (C=O) groups is 1. The molecule has 0 saturated heterocycles. The summed E-state index contributed by atoms with van der Waals surface area (Å²) >= 11 is 0. The van der Waals surface area contributed by atoms with Gasteiger partial charge in [-0.2, -0.15) is 0 Å². The zero-order valence-electron chi connectivity index (χ0n) is 9.78. The highest BCUT2D eigenvalue weighted by molar-refractivity contribution is 5.87. The summed E-state index contributed by atoms with van der Waals surface area (Å²) in [5.41, 5.74) is 6.48. The lowest BCUT2D eigenvalue weighted by atomic mass is 9.78. The van der Waals surface area contributed by atoms with Crippen molar-refractivity contribution in [3.8, 4) is 0 Å². The molecular formula is C13H17ClFNO. The summed E-state index contributed by atoms with van der Waals surface area (Å²) < 4.78 is 12.8. The molecule has 94 valence electrons. The van der Waals surface area contributed by atoms with E-state index in [0.717, 1.165) is 12.0 Å². The number of benzene rings is 1. The first-order valence-electron chi connectivity index (χ1n) is 5.56. The second-order valence-electron chi connectivity index (χ2n) is 4.79. The molecule has 0 heterocycles. The van der Waals surface area contributed by atoms with Crippen LogP contribution in [0.15, 0.2) is 24.3 Å². The van der Waals surface area contributed by atoms with E-state index >= 15 is 0 Å². The maximum atomic E-state index is 12.8. The summed E-state index contributed by atoms with van der Waals surface area (Å²) in [4.78, 5) is 11.8. The van der Waals surface area contributed by atoms with Crippen molar-refractivity contribution in [1.29, 1.82) is 0 Å². The molecule has 2 atom stereocenters. The average Bonchev–Trinajstić information content (AvgIpc) is 2.50. The van der Waals surface area contributed by atoms with Crippen molar-refractivity contribution in [3.63, 3.8) is 0 Å². The van der Waals surface area contributed by atoms with Crippen LogP contribution in [0.1, 0.15) is 25.3 Å². The van der Waals surface area contributed by atoms with Gasteiger partial charge in [-0.3, -0.25) is 4.79 Å². The van der Waals surface area contributed by atoms with Crippen molar-refractivity contribution in [2.45, 2.75) is 32.2 Å². The molecular weight excluding hydrogens is 241 g/mol. The van der Waals surface area contributed by atoms with Gasteiger partial charge >= 0.3 is 0 Å². The Morgan fingerprint density at radius 3 is 2.47 bits per heavy atom. The average molecular weight is 258 g/mol. The number of halogens is 2. The van der Waals surface area contributed by atoms with Crippen LogP contribution in [0.25, 0.3) is 0 Å². The Bertz CT molecular complexity index is 406. The molecule has 0 amide bonds. The first-order valence-corrected chi connectivity index (χ1v) is 5.56. The van der Waals surface area contributed by atoms with Crippen LogP contribution in [0.5, 0.6) is 0 Å². The highest BCUT2D eigenvalue weighted by Gasteiger charge is 2.43. The number of hydrogen-bond acceptors (Lipinski definition) is 2. The summed E-state index contributed by atoms with van der Waals surface area (Å²) in [6, 6.07) is 6.20. The summed E-state index contributed by atoms with van der Waals surface area (Å²) in [5, 5.41) is 0. The van der Waals surface area contributed by atoms with Crippen LogP contribution >= 0.6 is 12.4 Å². The molecule has 4 heteroatoms. The monoisotopic (exact) mass is 257 g/mol. The summed E-state index contributed by atoms with van der Waals surface area (Å²) in [6.45, 7) is 1.91. The zero-order valence-corrected chi connectivity index (χ0v) is 10.6. The van der Waals surface area contributed by atoms with E-state index in [4.69, 9.17) is 5.73 Å². The third-order valence-electron chi connectivity index (χ3n) is 3.62. The largest absolute Gasteiger partial charge is 0.327 e. The van der Waals surface area contributed by atoms with Crippen molar-refractivity contribution >= 4 is 18.2 Å². The van der Waals surface area contributed by atoms with Gasteiger partial charge in [0.25, 0.3) is 0 Å². The van der Waals surface area contributed by atoms with Gasteiger partial charge < -0.3 is 5.73 Å². The first-order chi connectivity index (χ1) is 7.52. The normalized spacial score (nSPS) is 27.9. The minimum absolute atomic E-state index is 0. The number of hydrogen-bond donors (Lipinski definition) is 1. The van der Waals surface area contributed by atoms with E-state index in [2.05, 4.69) is 0 Å². The van der Waals surface area contributed by atoms with Gasteiger partial charge in [0, 0.05) is 17.9 Å². The van der Waals surface area contributed by atoms with Gasteiger partial charge in [0.2, 0.25) is 0 Å². The predicted molar refractivity (Wildman–Crippen MR) is 67.7 cm³/mol. The lowest BCUT2D eigenvalue weighted by molar-refractivity contribution is -0.125. The van der Waals surface area contributed by atoms with Gasteiger partial charge in [-0.1, -0.05) is 19.1 Å². The minimum Gasteiger partial charge on any atom is -0.327 e. The molecule has 2 nitrogen and oxygen atoms in total. The molecule has 1 saturated carbocycles. The van der Waals surface area contributed by atoms with Crippen molar-refractivity contribution in [1.82, 2.24) is 0 Å². The van der Waals surface area contributed by atoms with E-state index in [-0.39, 0.29) is 30.0 Å². The van der Waals surface area contributed by atoms with Crippen LogP contribution in [0.4, 0.5) is 4.39 Å². The second kappa shape index (κ2) is 5.15. The maximum Gasteiger partial charge on any atom is 0.140 e. The molecule has 1 fully saturated rings. The molecule has 1 aliphatic rings. The Kier molecular flexibility index (Phi) is 4.28. The molecule has 0 spiro atoms. The fourth-order valence-electron chi connectivity index (χ4n) is 2.35. The van der Waals surface area contributed by atoms with Crippen LogP contribution in [0, 0.1) is 11.2 Å². The van der Waals surface area contributed by atoms with Gasteiger partial charge in [-0.05, 0) is 30.5 Å². The molecule has 2 N–H and O–H groups in total. The highest BCUT2D eigenvalue weighted by atomic mass is 35.5. The number of ketones is 1. The van der Waals surface area contributed by atoms with Crippen LogP contribution in [0.2, 0.25) is 0 Å². The fraction of sp³-hybridized carbons (Fsp3) is 0.462. The molecule has 0 radical (unpaired) electrons. The third kappa shape index (κ3) is 2.67. The van der Waals surface area contributed by atoms with Crippen LogP contribution in [-0.4, -0.2) is 11.8 Å². The Morgan fingerprint density at radius 2 is 2.00 bits per heavy atom. The van der Waals surface area contributed by atoms with Gasteiger partial charge in [0.15, 0.2) is 0 Å². The van der Waals surface area contributed by atoms with Crippen molar-refractivity contribution in [2.24, 2.45) is 11.1 Å². The SMILES string of the molecule is C[C@]1(Cc2ccc(F)cc2)C(=O)CC[C@H]1N.Cl. The van der Waals surface area contributed by atoms with Gasteiger partial charge in [-0.25, -0.2) is 4.39 Å². The van der Waals surface area contributed by atoms with Crippen LogP contribution in [-0.2, 0) is 11.2 Å². The highest BCUT2D eigenvalue weighted by Crippen LogP contribution is 2.36. The number of nitrogens with two attached hydrogens (primary N) is 1. The summed E-state index contributed by atoms with van der Waals surface area (Å²) in [6.07, 6.45) is 1.93. The van der Waals surface area contributed by atoms with E-state index in [9.17, 15) is 9.18 Å². The Hall–Kier alpha value is -0.930.